The van der Waals surface area contributed by atoms with Gasteiger partial charge in [-0.25, -0.2) is 0 Å². The maximum Gasteiger partial charge on any atom is 0.222 e. The van der Waals surface area contributed by atoms with Crippen LogP contribution in [0.3, 0.4) is 0 Å². The van der Waals surface area contributed by atoms with Gasteiger partial charge < -0.3 is 10.4 Å². The summed E-state index contributed by atoms with van der Waals surface area (Å²) in [4.78, 5) is 11.8. The Morgan fingerprint density at radius 2 is 1.74 bits per heavy atom. The topological polar surface area (TPSA) is 49.3 Å². The van der Waals surface area contributed by atoms with Crippen LogP contribution in [0.5, 0.6) is 0 Å². The van der Waals surface area contributed by atoms with Gasteiger partial charge in [-0.2, -0.15) is 0 Å². The van der Waals surface area contributed by atoms with Gasteiger partial charge in [0.05, 0.1) is 12.5 Å². The molecule has 0 fully saturated rings. The van der Waals surface area contributed by atoms with Crippen LogP contribution in [0.15, 0.2) is 30.3 Å². The summed E-state index contributed by atoms with van der Waals surface area (Å²) in [6.07, 6.45) is -0.400. The van der Waals surface area contributed by atoms with Gasteiger partial charge in [0.25, 0.3) is 0 Å². The summed E-state index contributed by atoms with van der Waals surface area (Å²) in [7, 11) is 0. The Hall–Kier alpha value is -1.35. The van der Waals surface area contributed by atoms with Crippen molar-refractivity contribution in [1.29, 1.82) is 0 Å². The van der Waals surface area contributed by atoms with Crippen molar-refractivity contribution in [3.05, 3.63) is 35.9 Å². The molecular formula is C16H25NO2. The smallest absolute Gasteiger partial charge is 0.222 e. The molecule has 3 heteroatoms. The fourth-order valence-electron chi connectivity index (χ4n) is 1.91. The quantitative estimate of drug-likeness (QED) is 0.829. The first-order valence-electron chi connectivity index (χ1n) is 6.94. The van der Waals surface area contributed by atoms with Crippen LogP contribution in [0.4, 0.5) is 0 Å². The predicted octanol–water partition coefficient (Wildman–Crippen LogP) is 2.70. The number of hydrogen-bond donors (Lipinski definition) is 2. The van der Waals surface area contributed by atoms with E-state index in [0.717, 1.165) is 0 Å². The summed E-state index contributed by atoms with van der Waals surface area (Å²) in [6, 6.07) is 10.2. The average molecular weight is 263 g/mol. The maximum atomic E-state index is 11.8. The highest BCUT2D eigenvalue weighted by molar-refractivity contribution is 5.76. The molecule has 0 aliphatic rings. The normalized spacial score (nSPS) is 15.9. The number of rotatable bonds is 6. The molecular weight excluding hydrogens is 238 g/mol. The molecule has 0 aliphatic heterocycles. The fourth-order valence-corrected chi connectivity index (χ4v) is 1.91. The minimum absolute atomic E-state index is 0.0502. The van der Waals surface area contributed by atoms with Gasteiger partial charge >= 0.3 is 0 Å². The van der Waals surface area contributed by atoms with Crippen LogP contribution in [-0.4, -0.2) is 23.2 Å². The Morgan fingerprint density at radius 1 is 1.16 bits per heavy atom. The molecule has 0 radical (unpaired) electrons. The van der Waals surface area contributed by atoms with E-state index in [4.69, 9.17) is 0 Å². The molecule has 1 aromatic rings. The summed E-state index contributed by atoms with van der Waals surface area (Å²) < 4.78 is 0. The van der Waals surface area contributed by atoms with Gasteiger partial charge in [-0.15, -0.1) is 0 Å². The summed E-state index contributed by atoms with van der Waals surface area (Å²) in [5, 5.41) is 12.7. The van der Waals surface area contributed by atoms with Crippen molar-refractivity contribution < 1.29 is 9.90 Å². The van der Waals surface area contributed by atoms with Gasteiger partial charge in [0.15, 0.2) is 0 Å². The van der Waals surface area contributed by atoms with Crippen molar-refractivity contribution in [2.45, 2.75) is 52.2 Å². The zero-order valence-electron chi connectivity index (χ0n) is 12.3. The van der Waals surface area contributed by atoms with Gasteiger partial charge in [0, 0.05) is 12.0 Å². The number of benzene rings is 1. The average Bonchev–Trinajstić information content (AvgIpc) is 2.38. The SMILES string of the molecule is CC(C)C(O)CC(=O)NC(C)C(C)c1ccccc1. The third-order valence-electron chi connectivity index (χ3n) is 3.63. The molecule has 0 saturated carbocycles. The van der Waals surface area contributed by atoms with Gasteiger partial charge in [0.2, 0.25) is 5.91 Å². The first-order chi connectivity index (χ1) is 8.91. The Balaban J connectivity index is 2.50. The van der Waals surface area contributed by atoms with E-state index in [0.29, 0.717) is 0 Å². The van der Waals surface area contributed by atoms with Crippen LogP contribution >= 0.6 is 0 Å². The third kappa shape index (κ3) is 5.03. The standard InChI is InChI=1S/C16H25NO2/c1-11(2)15(18)10-16(19)17-13(4)12(3)14-8-6-5-7-9-14/h5-9,11-13,15,18H,10H2,1-4H3,(H,17,19). The van der Waals surface area contributed by atoms with E-state index in [1.165, 1.54) is 5.56 Å². The highest BCUT2D eigenvalue weighted by atomic mass is 16.3. The molecule has 0 heterocycles. The van der Waals surface area contributed by atoms with Crippen molar-refractivity contribution >= 4 is 5.91 Å². The fraction of sp³-hybridized carbons (Fsp3) is 0.562. The minimum Gasteiger partial charge on any atom is -0.392 e. The third-order valence-corrected chi connectivity index (χ3v) is 3.63. The number of aliphatic hydroxyl groups is 1. The Kier molecular flexibility index (Phi) is 6.03. The van der Waals surface area contributed by atoms with E-state index in [9.17, 15) is 9.90 Å². The molecule has 0 aromatic heterocycles. The van der Waals surface area contributed by atoms with Gasteiger partial charge in [-0.1, -0.05) is 51.1 Å². The van der Waals surface area contributed by atoms with E-state index in [1.54, 1.807) is 0 Å². The molecule has 106 valence electrons. The highest BCUT2D eigenvalue weighted by Crippen LogP contribution is 2.18. The monoisotopic (exact) mass is 263 g/mol. The lowest BCUT2D eigenvalue weighted by Crippen LogP contribution is -2.38. The molecule has 0 spiro atoms. The Morgan fingerprint density at radius 3 is 2.26 bits per heavy atom. The molecule has 0 aliphatic carbocycles. The lowest BCUT2D eigenvalue weighted by molar-refractivity contribution is -0.124. The number of nitrogens with one attached hydrogen (secondary N) is 1. The number of carbonyl (C=O) groups excluding carboxylic acids is 1. The first kappa shape index (κ1) is 15.7. The van der Waals surface area contributed by atoms with E-state index in [2.05, 4.69) is 24.4 Å². The van der Waals surface area contributed by atoms with Crippen molar-refractivity contribution in [1.82, 2.24) is 5.32 Å². The molecule has 3 unspecified atom stereocenters. The number of aliphatic hydroxyl groups excluding tert-OH is 1. The maximum absolute atomic E-state index is 11.8. The Bertz CT molecular complexity index is 389. The van der Waals surface area contributed by atoms with Crippen LogP contribution in [0.1, 0.15) is 45.6 Å². The summed E-state index contributed by atoms with van der Waals surface area (Å²) >= 11 is 0. The lowest BCUT2D eigenvalue weighted by atomic mass is 9.94. The molecule has 1 amide bonds. The van der Waals surface area contributed by atoms with E-state index in [-0.39, 0.29) is 30.2 Å². The molecule has 2 N–H and O–H groups in total. The van der Waals surface area contributed by atoms with E-state index < -0.39 is 6.10 Å². The zero-order valence-corrected chi connectivity index (χ0v) is 12.3. The van der Waals surface area contributed by atoms with Crippen LogP contribution in [-0.2, 0) is 4.79 Å². The van der Waals surface area contributed by atoms with Crippen molar-refractivity contribution in [2.75, 3.05) is 0 Å². The van der Waals surface area contributed by atoms with Gasteiger partial charge in [0.1, 0.15) is 0 Å². The van der Waals surface area contributed by atoms with Crippen LogP contribution in [0, 0.1) is 5.92 Å². The van der Waals surface area contributed by atoms with Gasteiger partial charge in [-0.3, -0.25) is 4.79 Å². The second-order valence-corrected chi connectivity index (χ2v) is 5.57. The van der Waals surface area contributed by atoms with Crippen LogP contribution in [0.2, 0.25) is 0 Å². The zero-order chi connectivity index (χ0) is 14.4. The number of carbonyl (C=O) groups is 1. The minimum atomic E-state index is -0.570. The second kappa shape index (κ2) is 7.29. The molecule has 1 rings (SSSR count). The molecule has 0 saturated heterocycles. The largest absolute Gasteiger partial charge is 0.392 e. The van der Waals surface area contributed by atoms with E-state index in [1.807, 2.05) is 39.0 Å². The highest BCUT2D eigenvalue weighted by Gasteiger charge is 2.19. The lowest BCUT2D eigenvalue weighted by Gasteiger charge is -2.23. The van der Waals surface area contributed by atoms with E-state index >= 15 is 0 Å². The molecule has 19 heavy (non-hydrogen) atoms. The number of hydrogen-bond acceptors (Lipinski definition) is 2. The van der Waals surface area contributed by atoms with Crippen LogP contribution < -0.4 is 5.32 Å². The van der Waals surface area contributed by atoms with Crippen molar-refractivity contribution in [3.63, 3.8) is 0 Å². The molecule has 0 bridgehead atoms. The number of amides is 1. The molecule has 1 aromatic carbocycles. The molecule has 3 nitrogen and oxygen atoms in total. The van der Waals surface area contributed by atoms with Crippen molar-refractivity contribution in [2.24, 2.45) is 5.92 Å². The summed E-state index contributed by atoms with van der Waals surface area (Å²) in [5.41, 5.74) is 1.21. The summed E-state index contributed by atoms with van der Waals surface area (Å²) in [5.74, 6) is 0.269. The predicted molar refractivity (Wildman–Crippen MR) is 77.9 cm³/mol. The van der Waals surface area contributed by atoms with Crippen LogP contribution in [0.25, 0.3) is 0 Å². The van der Waals surface area contributed by atoms with Gasteiger partial charge in [-0.05, 0) is 18.4 Å². The second-order valence-electron chi connectivity index (χ2n) is 5.57. The first-order valence-corrected chi connectivity index (χ1v) is 6.94. The Labute approximate surface area is 116 Å². The molecule has 3 atom stereocenters. The van der Waals surface area contributed by atoms with Crippen molar-refractivity contribution in [3.8, 4) is 0 Å². The summed E-state index contributed by atoms with van der Waals surface area (Å²) in [6.45, 7) is 7.92.